The van der Waals surface area contributed by atoms with Crippen LogP contribution >= 0.6 is 0 Å². The maximum Gasteiger partial charge on any atom is 0.316 e. The van der Waals surface area contributed by atoms with E-state index in [9.17, 15) is 14.4 Å². The minimum absolute atomic E-state index is 0.342. The van der Waals surface area contributed by atoms with Gasteiger partial charge in [0.1, 0.15) is 5.75 Å². The molecule has 134 valence electrons. The average molecular weight is 353 g/mol. The smallest absolute Gasteiger partial charge is 0.316 e. The zero-order valence-corrected chi connectivity index (χ0v) is 14.8. The number of hydrogen-bond acceptors (Lipinski definition) is 4. The second-order valence-corrected chi connectivity index (χ2v) is 5.89. The lowest BCUT2D eigenvalue weighted by Gasteiger charge is -2.12. The number of aryl methyl sites for hydroxylation is 2. The minimum atomic E-state index is -0.711. The number of H-pyrrole nitrogens is 1. The van der Waals surface area contributed by atoms with Crippen molar-refractivity contribution in [3.8, 4) is 5.75 Å². The maximum absolute atomic E-state index is 12.6. The van der Waals surface area contributed by atoms with E-state index in [0.717, 1.165) is 5.56 Å². The molecular weight excluding hydrogens is 334 g/mol. The summed E-state index contributed by atoms with van der Waals surface area (Å²) in [5, 5.41) is 2.81. The monoisotopic (exact) mass is 353 g/mol. The van der Waals surface area contributed by atoms with Crippen LogP contribution in [0, 0.1) is 6.92 Å². The second-order valence-electron chi connectivity index (χ2n) is 5.89. The van der Waals surface area contributed by atoms with Crippen molar-refractivity contribution in [1.82, 2.24) is 9.55 Å². The molecule has 0 aliphatic carbocycles. The van der Waals surface area contributed by atoms with Crippen molar-refractivity contribution in [1.29, 1.82) is 0 Å². The molecule has 1 amide bonds. The Hall–Kier alpha value is -3.35. The van der Waals surface area contributed by atoms with Crippen molar-refractivity contribution >= 4 is 22.6 Å². The molecule has 1 heterocycles. The molecule has 2 aromatic carbocycles. The van der Waals surface area contributed by atoms with Crippen LogP contribution in [-0.2, 0) is 6.54 Å². The Morgan fingerprint density at radius 3 is 2.65 bits per heavy atom. The van der Waals surface area contributed by atoms with Gasteiger partial charge in [-0.15, -0.1) is 0 Å². The number of benzene rings is 2. The average Bonchev–Trinajstić information content (AvgIpc) is 2.62. The van der Waals surface area contributed by atoms with Gasteiger partial charge in [-0.25, -0.2) is 0 Å². The number of fused-ring (bicyclic) bond motifs is 1. The van der Waals surface area contributed by atoms with Gasteiger partial charge >= 0.3 is 11.1 Å². The molecule has 0 unspecified atom stereocenters. The van der Waals surface area contributed by atoms with Crippen LogP contribution in [-0.4, -0.2) is 22.6 Å². The second kappa shape index (κ2) is 6.87. The van der Waals surface area contributed by atoms with Crippen molar-refractivity contribution in [2.75, 3.05) is 12.4 Å². The highest BCUT2D eigenvalue weighted by atomic mass is 16.5. The van der Waals surface area contributed by atoms with Gasteiger partial charge in [-0.2, -0.15) is 0 Å². The first-order valence-corrected chi connectivity index (χ1v) is 8.17. The number of aromatic amines is 1. The lowest BCUT2D eigenvalue weighted by Crippen LogP contribution is -2.36. The normalized spacial score (nSPS) is 10.7. The van der Waals surface area contributed by atoms with E-state index in [1.807, 2.05) is 19.1 Å². The van der Waals surface area contributed by atoms with E-state index in [1.165, 1.54) is 11.7 Å². The van der Waals surface area contributed by atoms with Crippen molar-refractivity contribution in [2.24, 2.45) is 0 Å². The molecule has 7 heteroatoms. The minimum Gasteiger partial charge on any atom is -0.495 e. The Kier molecular flexibility index (Phi) is 4.62. The lowest BCUT2D eigenvalue weighted by atomic mass is 10.1. The van der Waals surface area contributed by atoms with Gasteiger partial charge < -0.3 is 19.6 Å². The summed E-state index contributed by atoms with van der Waals surface area (Å²) in [4.78, 5) is 38.8. The van der Waals surface area contributed by atoms with Gasteiger partial charge in [-0.1, -0.05) is 6.07 Å². The van der Waals surface area contributed by atoms with Crippen LogP contribution in [0.15, 0.2) is 46.0 Å². The largest absolute Gasteiger partial charge is 0.495 e. The van der Waals surface area contributed by atoms with E-state index < -0.39 is 11.1 Å². The van der Waals surface area contributed by atoms with E-state index in [1.54, 1.807) is 31.2 Å². The highest BCUT2D eigenvalue weighted by molar-refractivity contribution is 6.06. The Morgan fingerprint density at radius 1 is 1.19 bits per heavy atom. The molecule has 0 spiro atoms. The van der Waals surface area contributed by atoms with E-state index in [4.69, 9.17) is 4.74 Å². The summed E-state index contributed by atoms with van der Waals surface area (Å²) in [5.74, 6) is 0.212. The van der Waals surface area contributed by atoms with E-state index in [2.05, 4.69) is 10.3 Å². The first-order chi connectivity index (χ1) is 12.4. The van der Waals surface area contributed by atoms with Crippen LogP contribution in [0.4, 0.5) is 5.69 Å². The third kappa shape index (κ3) is 3.11. The third-order valence-electron chi connectivity index (χ3n) is 4.16. The number of hydrogen-bond donors (Lipinski definition) is 2. The third-order valence-corrected chi connectivity index (χ3v) is 4.16. The number of rotatable bonds is 4. The van der Waals surface area contributed by atoms with Crippen LogP contribution in [0.3, 0.4) is 0 Å². The topological polar surface area (TPSA) is 93.2 Å². The van der Waals surface area contributed by atoms with Gasteiger partial charge in [0, 0.05) is 12.1 Å². The highest BCUT2D eigenvalue weighted by Crippen LogP contribution is 2.26. The summed E-state index contributed by atoms with van der Waals surface area (Å²) in [5.41, 5.74) is 1.58. The molecule has 0 radical (unpaired) electrons. The number of nitrogens with zero attached hydrogens (tertiary/aromatic N) is 1. The molecule has 26 heavy (non-hydrogen) atoms. The van der Waals surface area contributed by atoms with Gasteiger partial charge in [0.25, 0.3) is 5.91 Å². The summed E-state index contributed by atoms with van der Waals surface area (Å²) in [7, 11) is 1.53. The summed E-state index contributed by atoms with van der Waals surface area (Å²) in [6, 6.07) is 10.3. The molecule has 1 aromatic heterocycles. The Labute approximate surface area is 149 Å². The zero-order chi connectivity index (χ0) is 18.8. The predicted octanol–water partition coefficient (Wildman–Crippen LogP) is 2.28. The summed E-state index contributed by atoms with van der Waals surface area (Å²) >= 11 is 0. The molecule has 7 nitrogen and oxygen atoms in total. The van der Waals surface area contributed by atoms with E-state index in [0.29, 0.717) is 34.6 Å². The van der Waals surface area contributed by atoms with Crippen molar-refractivity contribution in [2.45, 2.75) is 20.4 Å². The fourth-order valence-corrected chi connectivity index (χ4v) is 2.85. The number of anilines is 1. The molecule has 0 aliphatic heterocycles. The molecule has 0 aliphatic rings. The van der Waals surface area contributed by atoms with Crippen LogP contribution < -0.4 is 21.2 Å². The number of amides is 1. The van der Waals surface area contributed by atoms with Crippen LogP contribution in [0.25, 0.3) is 11.0 Å². The molecule has 0 saturated heterocycles. The standard InChI is InChI=1S/C19H19N3O4/c1-4-22-15-7-6-12(10-13(15)20-18(24)19(22)25)17(23)21-14-9-11(2)5-8-16(14)26-3/h5-10H,4H2,1-3H3,(H,20,24)(H,21,23). The van der Waals surface area contributed by atoms with Crippen molar-refractivity contribution in [3.05, 3.63) is 68.2 Å². The molecule has 0 fully saturated rings. The fourth-order valence-electron chi connectivity index (χ4n) is 2.85. The van der Waals surface area contributed by atoms with Crippen LogP contribution in [0.5, 0.6) is 5.75 Å². The molecular formula is C19H19N3O4. The molecule has 0 bridgehead atoms. The number of nitrogens with one attached hydrogen (secondary N) is 2. The van der Waals surface area contributed by atoms with Crippen LogP contribution in [0.1, 0.15) is 22.8 Å². The predicted molar refractivity (Wildman–Crippen MR) is 100 cm³/mol. The maximum atomic E-state index is 12.6. The number of carbonyl (C=O) groups is 1. The first kappa shape index (κ1) is 17.5. The molecule has 2 N–H and O–H groups in total. The summed E-state index contributed by atoms with van der Waals surface area (Å²) < 4.78 is 6.64. The number of carbonyl (C=O) groups excluding carboxylic acids is 1. The van der Waals surface area contributed by atoms with Gasteiger partial charge in [-0.3, -0.25) is 14.4 Å². The fraction of sp³-hybridized carbons (Fsp3) is 0.211. The number of methoxy groups -OCH3 is 1. The van der Waals surface area contributed by atoms with Gasteiger partial charge in [0.2, 0.25) is 0 Å². The van der Waals surface area contributed by atoms with Gasteiger partial charge in [0.05, 0.1) is 23.8 Å². The SMILES string of the molecule is CCn1c(=O)c(=O)[nH]c2cc(C(=O)Nc3cc(C)ccc3OC)ccc21. The lowest BCUT2D eigenvalue weighted by molar-refractivity contribution is 0.102. The molecule has 0 saturated carbocycles. The Balaban J connectivity index is 2.02. The zero-order valence-electron chi connectivity index (χ0n) is 14.8. The van der Waals surface area contributed by atoms with Gasteiger partial charge in [-0.05, 0) is 49.7 Å². The molecule has 3 aromatic rings. The van der Waals surface area contributed by atoms with Gasteiger partial charge in [0.15, 0.2) is 0 Å². The Morgan fingerprint density at radius 2 is 1.96 bits per heavy atom. The molecule has 0 atom stereocenters. The molecule has 3 rings (SSSR count). The summed E-state index contributed by atoms with van der Waals surface area (Å²) in [6.45, 7) is 4.07. The highest BCUT2D eigenvalue weighted by Gasteiger charge is 2.13. The quantitative estimate of drug-likeness (QED) is 0.704. The van der Waals surface area contributed by atoms with Crippen molar-refractivity contribution < 1.29 is 9.53 Å². The first-order valence-electron chi connectivity index (χ1n) is 8.17. The van der Waals surface area contributed by atoms with Crippen molar-refractivity contribution in [3.63, 3.8) is 0 Å². The van der Waals surface area contributed by atoms with E-state index >= 15 is 0 Å². The number of ether oxygens (including phenoxy) is 1. The van der Waals surface area contributed by atoms with Crippen LogP contribution in [0.2, 0.25) is 0 Å². The van der Waals surface area contributed by atoms with E-state index in [-0.39, 0.29) is 5.91 Å². The summed E-state index contributed by atoms with van der Waals surface area (Å²) in [6.07, 6.45) is 0. The Bertz CT molecular complexity index is 1110. The number of aromatic nitrogens is 2.